The Labute approximate surface area is 145 Å². The summed E-state index contributed by atoms with van der Waals surface area (Å²) in [5, 5.41) is 11.0. The van der Waals surface area contributed by atoms with Crippen LogP contribution < -0.4 is 9.47 Å². The minimum atomic E-state index is -0.984. The number of carboxylic acid groups (broad SMARTS) is 1. The zero-order valence-electron chi connectivity index (χ0n) is 14.0. The Morgan fingerprint density at radius 2 is 1.68 bits per heavy atom. The van der Waals surface area contributed by atoms with E-state index in [1.165, 1.54) is 0 Å². The first-order valence-electron chi connectivity index (χ1n) is 7.78. The molecule has 1 N–H and O–H groups in total. The third kappa shape index (κ3) is 3.48. The molecule has 0 amide bonds. The van der Waals surface area contributed by atoms with Crippen LogP contribution in [0, 0.1) is 0 Å². The number of hydrogen-bond donors (Lipinski definition) is 1. The predicted octanol–water partition coefficient (Wildman–Crippen LogP) is 4.62. The topological polar surface area (TPSA) is 55.8 Å². The Morgan fingerprint density at radius 3 is 2.40 bits per heavy atom. The average Bonchev–Trinajstić information content (AvgIpc) is 2.65. The van der Waals surface area contributed by atoms with Crippen LogP contribution in [0.25, 0.3) is 28.0 Å². The summed E-state index contributed by atoms with van der Waals surface area (Å²) in [5.74, 6) is 0.504. The van der Waals surface area contributed by atoms with Crippen molar-refractivity contribution in [3.8, 4) is 22.6 Å². The lowest BCUT2D eigenvalue weighted by atomic mass is 9.92. The predicted molar refractivity (Wildman–Crippen MR) is 99.2 cm³/mol. The first-order valence-corrected chi connectivity index (χ1v) is 7.78. The number of carboxylic acids is 1. The summed E-state index contributed by atoms with van der Waals surface area (Å²) in [4.78, 5) is 11.0. The molecule has 0 aliphatic carbocycles. The fraction of sp³-hybridized carbons (Fsp3) is 0.0952. The van der Waals surface area contributed by atoms with Crippen molar-refractivity contribution in [3.63, 3.8) is 0 Å². The summed E-state index contributed by atoms with van der Waals surface area (Å²) in [6.45, 7) is 0. The van der Waals surface area contributed by atoms with Crippen molar-refractivity contribution in [1.82, 2.24) is 0 Å². The van der Waals surface area contributed by atoms with Crippen LogP contribution in [0.1, 0.15) is 5.56 Å². The molecule has 4 nitrogen and oxygen atoms in total. The molecular weight excluding hydrogens is 316 g/mol. The number of hydrogen-bond acceptors (Lipinski definition) is 3. The lowest BCUT2D eigenvalue weighted by Gasteiger charge is -2.13. The van der Waals surface area contributed by atoms with E-state index in [1.54, 1.807) is 20.3 Å². The van der Waals surface area contributed by atoms with Crippen LogP contribution >= 0.6 is 0 Å². The van der Waals surface area contributed by atoms with Gasteiger partial charge in [0.1, 0.15) is 11.5 Å². The van der Waals surface area contributed by atoms with Gasteiger partial charge in [0, 0.05) is 6.08 Å². The van der Waals surface area contributed by atoms with Crippen LogP contribution in [0.2, 0.25) is 0 Å². The molecule has 0 aliphatic heterocycles. The van der Waals surface area contributed by atoms with Crippen molar-refractivity contribution in [2.75, 3.05) is 14.2 Å². The Balaban J connectivity index is 2.32. The van der Waals surface area contributed by atoms with Crippen molar-refractivity contribution >= 4 is 22.8 Å². The molecule has 3 aromatic carbocycles. The summed E-state index contributed by atoms with van der Waals surface area (Å²) in [6, 6.07) is 17.5. The molecule has 3 rings (SSSR count). The Kier molecular flexibility index (Phi) is 4.70. The van der Waals surface area contributed by atoms with E-state index in [4.69, 9.17) is 14.6 Å². The van der Waals surface area contributed by atoms with Crippen molar-refractivity contribution in [3.05, 3.63) is 66.2 Å². The monoisotopic (exact) mass is 334 g/mol. The SMILES string of the molecule is COc1cccc(-c2c(C=CC(=O)O)ccc3ccc(OC)cc23)c1. The van der Waals surface area contributed by atoms with Gasteiger partial charge in [0.25, 0.3) is 0 Å². The molecule has 126 valence electrons. The van der Waals surface area contributed by atoms with E-state index in [1.807, 2.05) is 54.6 Å². The normalized spacial score (nSPS) is 11.0. The van der Waals surface area contributed by atoms with Gasteiger partial charge in [-0.2, -0.15) is 0 Å². The Hall–Kier alpha value is -3.27. The number of rotatable bonds is 5. The van der Waals surface area contributed by atoms with E-state index in [2.05, 4.69) is 0 Å². The van der Waals surface area contributed by atoms with Gasteiger partial charge in [0.2, 0.25) is 0 Å². The smallest absolute Gasteiger partial charge is 0.328 e. The molecule has 0 saturated carbocycles. The zero-order valence-corrected chi connectivity index (χ0v) is 14.0. The Morgan fingerprint density at radius 1 is 0.960 bits per heavy atom. The summed E-state index contributed by atoms with van der Waals surface area (Å²) in [6.07, 6.45) is 2.75. The summed E-state index contributed by atoms with van der Waals surface area (Å²) >= 11 is 0. The van der Waals surface area contributed by atoms with Crippen LogP contribution in [0.15, 0.2) is 60.7 Å². The summed E-state index contributed by atoms with van der Waals surface area (Å²) in [5.41, 5.74) is 2.70. The van der Waals surface area contributed by atoms with Crippen LogP contribution in [-0.4, -0.2) is 25.3 Å². The Bertz CT molecular complexity index is 957. The molecule has 0 aromatic heterocycles. The lowest BCUT2D eigenvalue weighted by molar-refractivity contribution is -0.131. The fourth-order valence-electron chi connectivity index (χ4n) is 2.84. The van der Waals surface area contributed by atoms with Crippen LogP contribution in [0.5, 0.6) is 11.5 Å². The molecule has 0 aliphatic rings. The van der Waals surface area contributed by atoms with Crippen molar-refractivity contribution in [1.29, 1.82) is 0 Å². The number of benzene rings is 3. The maximum Gasteiger partial charge on any atom is 0.328 e. The van der Waals surface area contributed by atoms with Gasteiger partial charge in [0.15, 0.2) is 0 Å². The van der Waals surface area contributed by atoms with Crippen LogP contribution in [-0.2, 0) is 4.79 Å². The number of carbonyl (C=O) groups is 1. The van der Waals surface area contributed by atoms with E-state index in [0.717, 1.165) is 45.0 Å². The molecule has 0 heterocycles. The molecule has 0 bridgehead atoms. The van der Waals surface area contributed by atoms with E-state index in [0.29, 0.717) is 0 Å². The molecule has 0 saturated heterocycles. The maximum absolute atomic E-state index is 11.0. The number of aliphatic carboxylic acids is 1. The van der Waals surface area contributed by atoms with Gasteiger partial charge in [-0.1, -0.05) is 30.3 Å². The van der Waals surface area contributed by atoms with Gasteiger partial charge in [0.05, 0.1) is 14.2 Å². The molecule has 0 spiro atoms. The van der Waals surface area contributed by atoms with Gasteiger partial charge < -0.3 is 14.6 Å². The van der Waals surface area contributed by atoms with Crippen molar-refractivity contribution < 1.29 is 19.4 Å². The largest absolute Gasteiger partial charge is 0.497 e. The number of methoxy groups -OCH3 is 2. The minimum absolute atomic E-state index is 0.741. The second-order valence-corrected chi connectivity index (χ2v) is 5.52. The highest BCUT2D eigenvalue weighted by atomic mass is 16.5. The van der Waals surface area contributed by atoms with Gasteiger partial charge in [-0.05, 0) is 57.8 Å². The molecule has 0 unspecified atom stereocenters. The third-order valence-electron chi connectivity index (χ3n) is 4.02. The highest BCUT2D eigenvalue weighted by molar-refractivity contribution is 6.02. The van der Waals surface area contributed by atoms with Crippen molar-refractivity contribution in [2.45, 2.75) is 0 Å². The lowest BCUT2D eigenvalue weighted by Crippen LogP contribution is -1.91. The summed E-state index contributed by atoms with van der Waals surface area (Å²) in [7, 11) is 3.25. The van der Waals surface area contributed by atoms with Crippen molar-refractivity contribution in [2.24, 2.45) is 0 Å². The quantitative estimate of drug-likeness (QED) is 0.692. The zero-order chi connectivity index (χ0) is 17.8. The van der Waals surface area contributed by atoms with E-state index in [-0.39, 0.29) is 0 Å². The first-order chi connectivity index (χ1) is 12.1. The highest BCUT2D eigenvalue weighted by Crippen LogP contribution is 2.36. The maximum atomic E-state index is 11.0. The highest BCUT2D eigenvalue weighted by Gasteiger charge is 2.11. The molecule has 0 atom stereocenters. The second kappa shape index (κ2) is 7.09. The molecule has 25 heavy (non-hydrogen) atoms. The number of fused-ring (bicyclic) bond motifs is 1. The molecule has 0 fully saturated rings. The van der Waals surface area contributed by atoms with Gasteiger partial charge in [-0.25, -0.2) is 4.79 Å². The summed E-state index contributed by atoms with van der Waals surface area (Å²) < 4.78 is 10.7. The molecule has 0 radical (unpaired) electrons. The van der Waals surface area contributed by atoms with E-state index < -0.39 is 5.97 Å². The molecule has 3 aromatic rings. The third-order valence-corrected chi connectivity index (χ3v) is 4.02. The van der Waals surface area contributed by atoms with E-state index in [9.17, 15) is 4.79 Å². The first kappa shape index (κ1) is 16.6. The minimum Gasteiger partial charge on any atom is -0.497 e. The standard InChI is InChI=1S/C21H18O4/c1-24-17-5-3-4-16(12-17)21-15(9-11-20(22)23)7-6-14-8-10-18(25-2)13-19(14)21/h3-13H,1-2H3,(H,22,23). The average molecular weight is 334 g/mol. The second-order valence-electron chi connectivity index (χ2n) is 5.52. The van der Waals surface area contributed by atoms with Crippen LogP contribution in [0.4, 0.5) is 0 Å². The van der Waals surface area contributed by atoms with Gasteiger partial charge in [-0.15, -0.1) is 0 Å². The van der Waals surface area contributed by atoms with Crippen LogP contribution in [0.3, 0.4) is 0 Å². The molecular formula is C21H18O4. The van der Waals surface area contributed by atoms with Gasteiger partial charge in [-0.3, -0.25) is 0 Å². The van der Waals surface area contributed by atoms with E-state index >= 15 is 0 Å². The number of ether oxygens (including phenoxy) is 2. The molecule has 4 heteroatoms. The van der Waals surface area contributed by atoms with Gasteiger partial charge >= 0.3 is 5.97 Å². The fourth-order valence-corrected chi connectivity index (χ4v) is 2.84.